The summed E-state index contributed by atoms with van der Waals surface area (Å²) in [6.45, 7) is 3.75. The van der Waals surface area contributed by atoms with Crippen LogP contribution in [0.4, 0.5) is 13.2 Å². The molecule has 1 aromatic carbocycles. The quantitative estimate of drug-likeness (QED) is 0.733. The van der Waals surface area contributed by atoms with Crippen molar-refractivity contribution < 1.29 is 18.0 Å². The molecular formula is C18H19Cl2F3N4O. The van der Waals surface area contributed by atoms with Crippen LogP contribution in [0, 0.1) is 6.92 Å². The van der Waals surface area contributed by atoms with Gasteiger partial charge in [-0.15, -0.1) is 0 Å². The number of carbonyl (C=O) groups excluding carboxylic acids is 1. The van der Waals surface area contributed by atoms with E-state index >= 15 is 0 Å². The summed E-state index contributed by atoms with van der Waals surface area (Å²) in [5.74, 6) is -0.377. The maximum atomic E-state index is 13.1. The maximum absolute atomic E-state index is 13.1. The predicted molar refractivity (Wildman–Crippen MR) is 100 cm³/mol. The molecule has 0 unspecified atom stereocenters. The van der Waals surface area contributed by atoms with Crippen LogP contribution in [0.15, 0.2) is 24.3 Å². The van der Waals surface area contributed by atoms with Crippen LogP contribution in [0.5, 0.6) is 0 Å². The molecule has 0 aliphatic carbocycles. The van der Waals surface area contributed by atoms with Crippen LogP contribution >= 0.6 is 23.2 Å². The fraction of sp³-hybridized carbons (Fsp3) is 0.444. The van der Waals surface area contributed by atoms with E-state index in [1.54, 1.807) is 17.0 Å². The molecule has 1 aromatic heterocycles. The van der Waals surface area contributed by atoms with Crippen molar-refractivity contribution in [2.24, 2.45) is 0 Å². The van der Waals surface area contributed by atoms with Gasteiger partial charge in [0.15, 0.2) is 0 Å². The van der Waals surface area contributed by atoms with Crippen LogP contribution in [0.1, 0.15) is 17.0 Å². The van der Waals surface area contributed by atoms with Gasteiger partial charge >= 0.3 is 6.18 Å². The van der Waals surface area contributed by atoms with Crippen molar-refractivity contribution in [1.29, 1.82) is 0 Å². The van der Waals surface area contributed by atoms with Crippen molar-refractivity contribution >= 4 is 29.1 Å². The fourth-order valence-corrected chi connectivity index (χ4v) is 3.64. The lowest BCUT2D eigenvalue weighted by Gasteiger charge is -2.35. The van der Waals surface area contributed by atoms with Crippen LogP contribution in [-0.2, 0) is 24.1 Å². The molecule has 0 bridgehead atoms. The van der Waals surface area contributed by atoms with E-state index in [0.29, 0.717) is 42.8 Å². The van der Waals surface area contributed by atoms with E-state index in [4.69, 9.17) is 23.2 Å². The van der Waals surface area contributed by atoms with Crippen LogP contribution in [0.2, 0.25) is 10.0 Å². The standard InChI is InChI=1S/C18H19Cl2F3N4O/c1-12-8-16(18(21,22)23)27(24-12)11-17(28)26-6-4-25(5-7-26)10-13-2-3-14(19)9-15(13)20/h2-3,8-9H,4-7,10-11H2,1H3. The molecule has 28 heavy (non-hydrogen) atoms. The molecule has 5 nitrogen and oxygen atoms in total. The van der Waals surface area contributed by atoms with E-state index in [0.717, 1.165) is 16.3 Å². The summed E-state index contributed by atoms with van der Waals surface area (Å²) >= 11 is 12.1. The first kappa shape index (κ1) is 21.0. The van der Waals surface area contributed by atoms with Crippen molar-refractivity contribution in [3.63, 3.8) is 0 Å². The molecule has 0 N–H and O–H groups in total. The molecule has 1 aliphatic heterocycles. The van der Waals surface area contributed by atoms with Crippen molar-refractivity contribution in [2.75, 3.05) is 26.2 Å². The van der Waals surface area contributed by atoms with Gasteiger partial charge in [0.25, 0.3) is 0 Å². The van der Waals surface area contributed by atoms with E-state index in [1.807, 2.05) is 6.07 Å². The number of alkyl halides is 3. The summed E-state index contributed by atoms with van der Waals surface area (Å²) in [5, 5.41) is 4.96. The lowest BCUT2D eigenvalue weighted by molar-refractivity contribution is -0.146. The number of halogens is 5. The van der Waals surface area contributed by atoms with E-state index in [-0.39, 0.29) is 11.6 Å². The summed E-state index contributed by atoms with van der Waals surface area (Å²) < 4.78 is 39.9. The first-order chi connectivity index (χ1) is 13.1. The lowest BCUT2D eigenvalue weighted by Crippen LogP contribution is -2.49. The first-order valence-electron chi connectivity index (χ1n) is 8.69. The summed E-state index contributed by atoms with van der Waals surface area (Å²) in [5.41, 5.74) is 0.256. The minimum atomic E-state index is -4.54. The number of hydrogen-bond donors (Lipinski definition) is 0. The maximum Gasteiger partial charge on any atom is 0.433 e. The zero-order chi connectivity index (χ0) is 20.5. The third-order valence-electron chi connectivity index (χ3n) is 4.61. The second-order valence-electron chi connectivity index (χ2n) is 6.72. The monoisotopic (exact) mass is 434 g/mol. The SMILES string of the molecule is Cc1cc(C(F)(F)F)n(CC(=O)N2CCN(Cc3ccc(Cl)cc3Cl)CC2)n1. The highest BCUT2D eigenvalue weighted by Gasteiger charge is 2.36. The third-order valence-corrected chi connectivity index (χ3v) is 5.20. The number of aryl methyl sites for hydroxylation is 1. The van der Waals surface area contributed by atoms with Gasteiger partial charge in [0.05, 0.1) is 5.69 Å². The second kappa shape index (κ2) is 8.31. The molecule has 1 saturated heterocycles. The molecule has 10 heteroatoms. The molecule has 3 rings (SSSR count). The van der Waals surface area contributed by atoms with E-state index < -0.39 is 18.4 Å². The first-order valence-corrected chi connectivity index (χ1v) is 9.45. The topological polar surface area (TPSA) is 41.4 Å². The fourth-order valence-electron chi connectivity index (χ4n) is 3.17. The molecule has 1 amide bonds. The molecule has 1 fully saturated rings. The Balaban J connectivity index is 1.57. The molecule has 0 saturated carbocycles. The highest BCUT2D eigenvalue weighted by atomic mass is 35.5. The molecular weight excluding hydrogens is 416 g/mol. The van der Waals surface area contributed by atoms with Crippen LogP contribution in [0.3, 0.4) is 0 Å². The van der Waals surface area contributed by atoms with Crippen LogP contribution in [0.25, 0.3) is 0 Å². The molecule has 152 valence electrons. The second-order valence-corrected chi connectivity index (χ2v) is 7.56. The smallest absolute Gasteiger partial charge is 0.339 e. The van der Waals surface area contributed by atoms with Gasteiger partial charge in [0, 0.05) is 42.8 Å². The van der Waals surface area contributed by atoms with E-state index in [9.17, 15) is 18.0 Å². The molecule has 1 aliphatic rings. The number of piperazine rings is 1. The highest BCUT2D eigenvalue weighted by molar-refractivity contribution is 6.35. The summed E-state index contributed by atoms with van der Waals surface area (Å²) in [6, 6.07) is 6.26. The number of benzene rings is 1. The summed E-state index contributed by atoms with van der Waals surface area (Å²) in [6.07, 6.45) is -4.54. The zero-order valence-corrected chi connectivity index (χ0v) is 16.7. The minimum absolute atomic E-state index is 0.227. The van der Waals surface area contributed by atoms with Crippen LogP contribution < -0.4 is 0 Å². The van der Waals surface area contributed by atoms with Crippen molar-refractivity contribution in [3.05, 3.63) is 51.3 Å². The van der Waals surface area contributed by atoms with Gasteiger partial charge in [-0.3, -0.25) is 14.4 Å². The normalized spacial score (nSPS) is 15.9. The van der Waals surface area contributed by atoms with Gasteiger partial charge in [-0.05, 0) is 30.7 Å². The summed E-state index contributed by atoms with van der Waals surface area (Å²) in [4.78, 5) is 16.2. The van der Waals surface area contributed by atoms with Crippen LogP contribution in [-0.4, -0.2) is 51.7 Å². The van der Waals surface area contributed by atoms with E-state index in [2.05, 4.69) is 10.00 Å². The van der Waals surface area contributed by atoms with Crippen molar-refractivity contribution in [2.45, 2.75) is 26.2 Å². The number of carbonyl (C=O) groups is 1. The largest absolute Gasteiger partial charge is 0.433 e. The molecule has 2 heterocycles. The predicted octanol–water partition coefficient (Wildman–Crippen LogP) is 3.86. The number of amides is 1. The Labute approximate surface area is 170 Å². The van der Waals surface area contributed by atoms with E-state index in [1.165, 1.54) is 6.92 Å². The Kier molecular flexibility index (Phi) is 6.21. The average Bonchev–Trinajstić information content (AvgIpc) is 2.98. The Bertz CT molecular complexity index is 861. The van der Waals surface area contributed by atoms with Gasteiger partial charge in [0.2, 0.25) is 5.91 Å². The number of hydrogen-bond acceptors (Lipinski definition) is 3. The van der Waals surface area contributed by atoms with Gasteiger partial charge in [-0.2, -0.15) is 18.3 Å². The number of rotatable bonds is 4. The van der Waals surface area contributed by atoms with Gasteiger partial charge < -0.3 is 4.90 Å². The molecule has 2 aromatic rings. The lowest BCUT2D eigenvalue weighted by atomic mass is 10.2. The highest BCUT2D eigenvalue weighted by Crippen LogP contribution is 2.30. The molecule has 0 spiro atoms. The van der Waals surface area contributed by atoms with Gasteiger partial charge in [-0.1, -0.05) is 29.3 Å². The Hall–Kier alpha value is -1.77. The Morgan fingerprint density at radius 2 is 1.82 bits per heavy atom. The number of aromatic nitrogens is 2. The van der Waals surface area contributed by atoms with Gasteiger partial charge in [0.1, 0.15) is 12.2 Å². The molecule has 0 radical (unpaired) electrons. The Morgan fingerprint density at radius 1 is 1.14 bits per heavy atom. The number of nitrogens with zero attached hydrogens (tertiary/aromatic N) is 4. The minimum Gasteiger partial charge on any atom is -0.339 e. The van der Waals surface area contributed by atoms with Crippen molar-refractivity contribution in [3.8, 4) is 0 Å². The Morgan fingerprint density at radius 3 is 2.43 bits per heavy atom. The zero-order valence-electron chi connectivity index (χ0n) is 15.1. The third kappa shape index (κ3) is 4.98. The van der Waals surface area contributed by atoms with Crippen molar-refractivity contribution in [1.82, 2.24) is 19.6 Å². The van der Waals surface area contributed by atoms with Gasteiger partial charge in [-0.25, -0.2) is 0 Å². The summed E-state index contributed by atoms with van der Waals surface area (Å²) in [7, 11) is 0. The average molecular weight is 435 g/mol. The molecule has 0 atom stereocenters.